The molecule has 1 fully saturated rings. The van der Waals surface area contributed by atoms with Crippen molar-refractivity contribution in [2.75, 3.05) is 0 Å². The van der Waals surface area contributed by atoms with E-state index in [1.165, 1.54) is 0 Å². The minimum Gasteiger partial charge on any atom is -0.459 e. The monoisotopic (exact) mass is 300 g/mol. The zero-order valence-corrected chi connectivity index (χ0v) is 12.7. The number of benzene rings is 2. The Hall–Kier alpha value is -2.86. The van der Waals surface area contributed by atoms with E-state index in [1.54, 1.807) is 6.08 Å². The van der Waals surface area contributed by atoms with E-state index in [-0.39, 0.29) is 0 Å². The van der Waals surface area contributed by atoms with E-state index >= 15 is 0 Å². The topological polar surface area (TPSA) is 45.4 Å². The van der Waals surface area contributed by atoms with Crippen LogP contribution in [0.1, 0.15) is 24.0 Å². The molecule has 23 heavy (non-hydrogen) atoms. The summed E-state index contributed by atoms with van der Waals surface area (Å²) < 4.78 is 6.36. The van der Waals surface area contributed by atoms with Gasteiger partial charge in [-0.1, -0.05) is 55.1 Å². The highest BCUT2D eigenvalue weighted by Crippen LogP contribution is 2.64. The first-order valence-electron chi connectivity index (χ1n) is 7.72. The Bertz CT molecular complexity index is 843. The number of hydrogen-bond acceptors (Lipinski definition) is 3. The van der Waals surface area contributed by atoms with Gasteiger partial charge in [-0.05, 0) is 25.0 Å². The van der Waals surface area contributed by atoms with Crippen LogP contribution < -0.4 is 0 Å². The molecule has 3 nitrogen and oxygen atoms in total. The van der Waals surface area contributed by atoms with Gasteiger partial charge in [-0.15, -0.1) is 0 Å². The van der Waals surface area contributed by atoms with Crippen molar-refractivity contribution in [1.82, 2.24) is 0 Å². The van der Waals surface area contributed by atoms with Crippen LogP contribution in [0.25, 0.3) is 0 Å². The van der Waals surface area contributed by atoms with Crippen LogP contribution in [0.2, 0.25) is 0 Å². The first-order valence-corrected chi connectivity index (χ1v) is 7.72. The Labute approximate surface area is 135 Å². The van der Waals surface area contributed by atoms with Crippen LogP contribution in [0.15, 0.2) is 72.2 Å². The molecule has 1 unspecified atom stereocenters. The van der Waals surface area contributed by atoms with E-state index in [1.807, 2.05) is 54.6 Å². The molecule has 112 valence electrons. The quantitative estimate of drug-likeness (QED) is 0.839. The molecule has 1 saturated carbocycles. The van der Waals surface area contributed by atoms with Crippen LogP contribution in [0.5, 0.6) is 0 Å². The van der Waals surface area contributed by atoms with Gasteiger partial charge in [0.25, 0.3) is 0 Å². The van der Waals surface area contributed by atoms with Crippen molar-refractivity contribution >= 4 is 11.6 Å². The molecule has 2 aromatic carbocycles. The number of para-hydroxylation sites is 1. The van der Waals surface area contributed by atoms with E-state index in [4.69, 9.17) is 4.74 Å². The average molecular weight is 300 g/mol. The Morgan fingerprint density at radius 3 is 2.43 bits per heavy atom. The Kier molecular flexibility index (Phi) is 2.89. The molecule has 2 aliphatic rings. The molecular formula is C20H16N2O. The Morgan fingerprint density at radius 1 is 1.09 bits per heavy atom. The second-order valence-electron chi connectivity index (χ2n) is 6.01. The fourth-order valence-electron chi connectivity index (χ4n) is 3.50. The lowest BCUT2D eigenvalue weighted by molar-refractivity contribution is 0.0402. The summed E-state index contributed by atoms with van der Waals surface area (Å²) in [6.45, 7) is 3.81. The van der Waals surface area contributed by atoms with Crippen molar-refractivity contribution in [2.24, 2.45) is 10.4 Å². The van der Waals surface area contributed by atoms with Crippen LogP contribution >= 0.6 is 0 Å². The summed E-state index contributed by atoms with van der Waals surface area (Å²) >= 11 is 0. The SMILES string of the molecule is C=CC1=Nc2ccccc2C(c2ccccc2)(C2(C#N)CC2)O1. The minimum atomic E-state index is -0.828. The van der Waals surface area contributed by atoms with Crippen LogP contribution in [0.4, 0.5) is 5.69 Å². The van der Waals surface area contributed by atoms with E-state index < -0.39 is 11.0 Å². The van der Waals surface area contributed by atoms with Crippen LogP contribution in [-0.4, -0.2) is 5.90 Å². The lowest BCUT2D eigenvalue weighted by Crippen LogP contribution is -2.43. The molecular weight excluding hydrogens is 284 g/mol. The van der Waals surface area contributed by atoms with Gasteiger partial charge in [0.15, 0.2) is 5.60 Å². The molecule has 0 bridgehead atoms. The number of nitrogens with zero attached hydrogens (tertiary/aromatic N) is 2. The van der Waals surface area contributed by atoms with Crippen molar-refractivity contribution in [2.45, 2.75) is 18.4 Å². The second kappa shape index (κ2) is 4.82. The molecule has 0 N–H and O–H groups in total. The van der Waals surface area contributed by atoms with E-state index in [2.05, 4.69) is 17.6 Å². The third kappa shape index (κ3) is 1.78. The van der Waals surface area contributed by atoms with Crippen molar-refractivity contribution in [1.29, 1.82) is 5.26 Å². The average Bonchev–Trinajstić information content (AvgIpc) is 3.43. The first-order chi connectivity index (χ1) is 11.3. The molecule has 0 radical (unpaired) electrons. The van der Waals surface area contributed by atoms with Crippen molar-refractivity contribution in [3.63, 3.8) is 0 Å². The van der Waals surface area contributed by atoms with E-state index in [9.17, 15) is 5.26 Å². The molecule has 3 heteroatoms. The highest BCUT2D eigenvalue weighted by atomic mass is 16.5. The Morgan fingerprint density at radius 2 is 1.78 bits per heavy atom. The number of fused-ring (bicyclic) bond motifs is 1. The maximum atomic E-state index is 9.92. The summed E-state index contributed by atoms with van der Waals surface area (Å²) in [6.07, 6.45) is 3.25. The molecule has 2 aromatic rings. The van der Waals surface area contributed by atoms with Gasteiger partial charge in [-0.2, -0.15) is 5.26 Å². The van der Waals surface area contributed by atoms with Gasteiger partial charge in [0.05, 0.1) is 11.8 Å². The van der Waals surface area contributed by atoms with Gasteiger partial charge < -0.3 is 4.74 Å². The first kappa shape index (κ1) is 13.8. The zero-order valence-electron chi connectivity index (χ0n) is 12.7. The normalized spacial score (nSPS) is 23.7. The lowest BCUT2D eigenvalue weighted by Gasteiger charge is -2.42. The van der Waals surface area contributed by atoms with Gasteiger partial charge >= 0.3 is 0 Å². The maximum Gasteiger partial charge on any atom is 0.214 e. The molecule has 0 aromatic heterocycles. The van der Waals surface area contributed by atoms with Gasteiger partial charge in [-0.25, -0.2) is 4.99 Å². The standard InChI is InChI=1S/C20H16N2O/c1-2-18-22-17-11-7-6-10-16(17)20(23-18,19(14-21)12-13-19)15-8-4-3-5-9-15/h2-11H,1,12-13H2. The van der Waals surface area contributed by atoms with Gasteiger partial charge in [0.1, 0.15) is 5.41 Å². The largest absolute Gasteiger partial charge is 0.459 e. The summed E-state index contributed by atoms with van der Waals surface area (Å²) in [5.41, 5.74) is 1.40. The predicted molar refractivity (Wildman–Crippen MR) is 89.3 cm³/mol. The van der Waals surface area contributed by atoms with Crippen molar-refractivity contribution in [3.05, 3.63) is 78.4 Å². The highest BCUT2D eigenvalue weighted by Gasteiger charge is 2.65. The molecule has 1 aliphatic heterocycles. The molecule has 1 aliphatic carbocycles. The number of aliphatic imine (C=N–C) groups is 1. The lowest BCUT2D eigenvalue weighted by atomic mass is 9.73. The number of hydrogen-bond donors (Lipinski definition) is 0. The number of ether oxygens (including phenoxy) is 1. The highest BCUT2D eigenvalue weighted by molar-refractivity contribution is 5.92. The van der Waals surface area contributed by atoms with Gasteiger partial charge in [-0.3, -0.25) is 0 Å². The summed E-state index contributed by atoms with van der Waals surface area (Å²) in [6, 6.07) is 20.4. The third-order valence-corrected chi connectivity index (χ3v) is 4.76. The molecule has 1 atom stereocenters. The summed E-state index contributed by atoms with van der Waals surface area (Å²) in [7, 11) is 0. The molecule has 4 rings (SSSR count). The van der Waals surface area contributed by atoms with Crippen LogP contribution in [0.3, 0.4) is 0 Å². The smallest absolute Gasteiger partial charge is 0.214 e. The molecule has 0 amide bonds. The second-order valence-corrected chi connectivity index (χ2v) is 6.01. The summed E-state index contributed by atoms with van der Waals surface area (Å²) in [5.74, 6) is 0.467. The van der Waals surface area contributed by atoms with Crippen molar-refractivity contribution in [3.8, 4) is 6.07 Å². The maximum absolute atomic E-state index is 9.92. The Balaban J connectivity index is 2.06. The molecule has 1 heterocycles. The van der Waals surface area contributed by atoms with Gasteiger partial charge in [0.2, 0.25) is 5.90 Å². The molecule has 0 spiro atoms. The van der Waals surface area contributed by atoms with E-state index in [0.717, 1.165) is 29.7 Å². The van der Waals surface area contributed by atoms with Crippen molar-refractivity contribution < 1.29 is 4.74 Å². The summed E-state index contributed by atoms with van der Waals surface area (Å²) in [5, 5.41) is 9.92. The van der Waals surface area contributed by atoms with Gasteiger partial charge in [0, 0.05) is 11.1 Å². The third-order valence-electron chi connectivity index (χ3n) is 4.76. The van der Waals surface area contributed by atoms with Crippen LogP contribution in [0, 0.1) is 16.7 Å². The number of nitriles is 1. The zero-order chi connectivity index (χ0) is 15.9. The van der Waals surface area contributed by atoms with E-state index in [0.29, 0.717) is 5.90 Å². The van der Waals surface area contributed by atoms with Crippen LogP contribution in [-0.2, 0) is 10.3 Å². The minimum absolute atomic E-state index is 0.467. The fourth-order valence-corrected chi connectivity index (χ4v) is 3.50. The molecule has 0 saturated heterocycles. The summed E-state index contributed by atoms with van der Waals surface area (Å²) in [4.78, 5) is 4.53. The number of rotatable bonds is 3. The fraction of sp³-hybridized carbons (Fsp3) is 0.200. The predicted octanol–water partition coefficient (Wildman–Crippen LogP) is 4.48.